The maximum atomic E-state index is 12.2. The quantitative estimate of drug-likeness (QED) is 0.581. The molecule has 0 bridgehead atoms. The molecule has 1 aliphatic carbocycles. The van der Waals surface area contributed by atoms with E-state index in [4.69, 9.17) is 39.5 Å². The molecule has 2 aromatic rings. The van der Waals surface area contributed by atoms with Crippen LogP contribution >= 0.6 is 34.8 Å². The zero-order valence-corrected chi connectivity index (χ0v) is 14.7. The number of halogens is 3. The Morgan fingerprint density at radius 1 is 1.39 bits per heavy atom. The molecular weight excluding hydrogens is 359 g/mol. The van der Waals surface area contributed by atoms with E-state index in [0.29, 0.717) is 18.7 Å². The number of carbonyl (C=O) groups excluding carboxylic acids is 1. The summed E-state index contributed by atoms with van der Waals surface area (Å²) in [4.78, 5) is 12.2. The number of nitrogens with zero attached hydrogens (tertiary/aromatic N) is 2. The molecule has 1 saturated carbocycles. The molecule has 1 aromatic heterocycles. The first-order valence-corrected chi connectivity index (χ1v) is 8.33. The van der Waals surface area contributed by atoms with Crippen LogP contribution in [0.2, 0.25) is 5.15 Å². The van der Waals surface area contributed by atoms with E-state index in [1.165, 1.54) is 0 Å². The number of hydrogen-bond donors (Lipinski definition) is 0. The van der Waals surface area contributed by atoms with Gasteiger partial charge in [-0.05, 0) is 18.9 Å². The van der Waals surface area contributed by atoms with Crippen molar-refractivity contribution < 1.29 is 9.53 Å². The number of rotatable bonds is 5. The largest absolute Gasteiger partial charge is 0.462 e. The Labute approximate surface area is 149 Å². The lowest BCUT2D eigenvalue weighted by Crippen LogP contribution is -2.11. The summed E-state index contributed by atoms with van der Waals surface area (Å²) in [6.45, 7) is 2.41. The highest BCUT2D eigenvalue weighted by molar-refractivity contribution is 6.50. The fourth-order valence-electron chi connectivity index (χ4n) is 2.35. The molecule has 122 valence electrons. The number of alkyl halides is 2. The number of aromatic nitrogens is 2. The number of benzene rings is 1. The van der Waals surface area contributed by atoms with Gasteiger partial charge in [0.1, 0.15) is 15.0 Å². The van der Waals surface area contributed by atoms with E-state index in [2.05, 4.69) is 5.10 Å². The van der Waals surface area contributed by atoms with Crippen LogP contribution in [0, 0.1) is 12.8 Å². The van der Waals surface area contributed by atoms with E-state index < -0.39 is 10.3 Å². The second kappa shape index (κ2) is 6.34. The van der Waals surface area contributed by atoms with E-state index in [1.54, 1.807) is 11.6 Å². The Bertz CT molecular complexity index is 728. The standard InChI is InChI=1S/C16H15Cl3N2O2/c1-10-13(15(22)23-9-12-7-16(12,18)19)14(17)21(20-10)8-11-5-3-2-4-6-11/h2-6,12H,7-9H2,1H3/t12-/m1/s1. The fraction of sp³-hybridized carbons (Fsp3) is 0.375. The van der Waals surface area contributed by atoms with E-state index in [-0.39, 0.29) is 23.2 Å². The molecule has 1 fully saturated rings. The highest BCUT2D eigenvalue weighted by Gasteiger charge is 2.52. The Hall–Kier alpha value is -1.23. The number of hydrogen-bond acceptors (Lipinski definition) is 3. The molecule has 0 aliphatic heterocycles. The van der Waals surface area contributed by atoms with Crippen molar-refractivity contribution in [2.45, 2.75) is 24.2 Å². The van der Waals surface area contributed by atoms with Crippen LogP contribution in [0.4, 0.5) is 0 Å². The van der Waals surface area contributed by atoms with Gasteiger partial charge in [0.2, 0.25) is 0 Å². The summed E-state index contributed by atoms with van der Waals surface area (Å²) in [6, 6.07) is 9.76. The van der Waals surface area contributed by atoms with Gasteiger partial charge in [-0.1, -0.05) is 41.9 Å². The third-order valence-electron chi connectivity index (χ3n) is 3.82. The Morgan fingerprint density at radius 2 is 2.04 bits per heavy atom. The molecule has 0 unspecified atom stereocenters. The number of ether oxygens (including phenoxy) is 1. The molecule has 0 amide bonds. The molecule has 7 heteroatoms. The molecule has 3 rings (SSSR count). The lowest BCUT2D eigenvalue weighted by atomic mass is 10.2. The lowest BCUT2D eigenvalue weighted by molar-refractivity contribution is 0.0484. The first-order chi connectivity index (χ1) is 10.9. The van der Waals surface area contributed by atoms with Crippen molar-refractivity contribution in [2.75, 3.05) is 6.61 Å². The maximum Gasteiger partial charge on any atom is 0.343 e. The van der Waals surface area contributed by atoms with Crippen molar-refractivity contribution >= 4 is 40.8 Å². The Balaban J connectivity index is 1.71. The van der Waals surface area contributed by atoms with E-state index in [1.807, 2.05) is 30.3 Å². The van der Waals surface area contributed by atoms with Crippen LogP contribution in [0.1, 0.15) is 28.0 Å². The summed E-state index contributed by atoms with van der Waals surface area (Å²) < 4.78 is 6.09. The molecule has 23 heavy (non-hydrogen) atoms. The van der Waals surface area contributed by atoms with Gasteiger partial charge in [-0.3, -0.25) is 0 Å². The molecule has 0 spiro atoms. The van der Waals surface area contributed by atoms with Crippen LogP contribution in [0.25, 0.3) is 0 Å². The average molecular weight is 374 g/mol. The van der Waals surface area contributed by atoms with Crippen molar-refractivity contribution in [2.24, 2.45) is 5.92 Å². The van der Waals surface area contributed by atoms with Crippen molar-refractivity contribution in [3.63, 3.8) is 0 Å². The molecular formula is C16H15Cl3N2O2. The van der Waals surface area contributed by atoms with Crippen LogP contribution in [0.5, 0.6) is 0 Å². The number of carbonyl (C=O) groups is 1. The Morgan fingerprint density at radius 3 is 2.65 bits per heavy atom. The summed E-state index contributed by atoms with van der Waals surface area (Å²) >= 11 is 18.2. The minimum absolute atomic E-state index is 0.0202. The summed E-state index contributed by atoms with van der Waals surface area (Å²) in [7, 11) is 0. The molecule has 0 N–H and O–H groups in total. The molecule has 0 radical (unpaired) electrons. The monoisotopic (exact) mass is 372 g/mol. The minimum Gasteiger partial charge on any atom is -0.462 e. The van der Waals surface area contributed by atoms with E-state index >= 15 is 0 Å². The van der Waals surface area contributed by atoms with Gasteiger partial charge in [-0.2, -0.15) is 5.10 Å². The van der Waals surface area contributed by atoms with Gasteiger partial charge in [0, 0.05) is 5.92 Å². The second-order valence-corrected chi connectivity index (χ2v) is 7.56. The molecule has 1 aliphatic rings. The normalized spacial score (nSPS) is 18.7. The van der Waals surface area contributed by atoms with Crippen LogP contribution in [0.3, 0.4) is 0 Å². The van der Waals surface area contributed by atoms with E-state index in [9.17, 15) is 4.79 Å². The summed E-state index contributed by atoms with van der Waals surface area (Å²) in [5, 5.41) is 4.60. The predicted octanol–water partition coefficient (Wildman–Crippen LogP) is 4.24. The zero-order chi connectivity index (χ0) is 16.6. The highest BCUT2D eigenvalue weighted by atomic mass is 35.5. The van der Waals surface area contributed by atoms with Crippen molar-refractivity contribution in [1.29, 1.82) is 0 Å². The van der Waals surface area contributed by atoms with Gasteiger partial charge in [0.25, 0.3) is 0 Å². The molecule has 1 aromatic carbocycles. The van der Waals surface area contributed by atoms with E-state index in [0.717, 1.165) is 5.56 Å². The summed E-state index contributed by atoms with van der Waals surface area (Å²) in [5.74, 6) is -0.518. The summed E-state index contributed by atoms with van der Waals surface area (Å²) in [6.07, 6.45) is 0.628. The average Bonchev–Trinajstić information content (AvgIpc) is 3.02. The predicted molar refractivity (Wildman–Crippen MR) is 90.3 cm³/mol. The van der Waals surface area contributed by atoms with Gasteiger partial charge >= 0.3 is 5.97 Å². The zero-order valence-electron chi connectivity index (χ0n) is 12.4. The lowest BCUT2D eigenvalue weighted by Gasteiger charge is -2.05. The third-order valence-corrected chi connectivity index (χ3v) is 5.13. The maximum absolute atomic E-state index is 12.2. The minimum atomic E-state index is -0.767. The smallest absolute Gasteiger partial charge is 0.343 e. The van der Waals surface area contributed by atoms with Gasteiger partial charge in [0.15, 0.2) is 0 Å². The van der Waals surface area contributed by atoms with Gasteiger partial charge in [0.05, 0.1) is 18.8 Å². The van der Waals surface area contributed by atoms with Crippen LogP contribution in [-0.2, 0) is 11.3 Å². The fourth-order valence-corrected chi connectivity index (χ4v) is 3.16. The third kappa shape index (κ3) is 3.65. The Kier molecular flexibility index (Phi) is 4.59. The van der Waals surface area contributed by atoms with Gasteiger partial charge < -0.3 is 4.74 Å². The first-order valence-electron chi connectivity index (χ1n) is 7.20. The summed E-state index contributed by atoms with van der Waals surface area (Å²) in [5.41, 5.74) is 1.87. The van der Waals surface area contributed by atoms with Crippen molar-refractivity contribution in [3.05, 3.63) is 52.3 Å². The SMILES string of the molecule is Cc1nn(Cc2ccccc2)c(Cl)c1C(=O)OC[C@H]1CC1(Cl)Cl. The van der Waals surface area contributed by atoms with Gasteiger partial charge in [-0.25, -0.2) is 9.48 Å². The molecule has 1 atom stereocenters. The van der Waals surface area contributed by atoms with Crippen LogP contribution in [-0.4, -0.2) is 26.7 Å². The topological polar surface area (TPSA) is 44.1 Å². The van der Waals surface area contributed by atoms with Crippen LogP contribution < -0.4 is 0 Å². The molecule has 0 saturated heterocycles. The van der Waals surface area contributed by atoms with Crippen molar-refractivity contribution in [3.8, 4) is 0 Å². The number of aryl methyl sites for hydroxylation is 1. The van der Waals surface area contributed by atoms with Gasteiger partial charge in [-0.15, -0.1) is 23.2 Å². The number of esters is 1. The van der Waals surface area contributed by atoms with Crippen LogP contribution in [0.15, 0.2) is 30.3 Å². The molecule has 4 nitrogen and oxygen atoms in total. The van der Waals surface area contributed by atoms with Crippen molar-refractivity contribution in [1.82, 2.24) is 9.78 Å². The highest BCUT2D eigenvalue weighted by Crippen LogP contribution is 2.53. The molecule has 1 heterocycles. The second-order valence-electron chi connectivity index (χ2n) is 5.66. The first kappa shape index (κ1) is 16.6.